The molecule has 0 unspecified atom stereocenters. The summed E-state index contributed by atoms with van der Waals surface area (Å²) in [6, 6.07) is 0. The number of amides is 1. The summed E-state index contributed by atoms with van der Waals surface area (Å²) in [6.07, 6.45) is 8.65. The first-order valence-corrected chi connectivity index (χ1v) is 5.41. The van der Waals surface area contributed by atoms with Crippen LogP contribution in [0.5, 0.6) is 0 Å². The van der Waals surface area contributed by atoms with Crippen LogP contribution in [0.1, 0.15) is 52.4 Å². The molecular weight excluding hydrogens is 174 g/mol. The zero-order valence-corrected chi connectivity index (χ0v) is 9.51. The van der Waals surface area contributed by atoms with E-state index in [1.165, 1.54) is 19.3 Å². The van der Waals surface area contributed by atoms with E-state index in [9.17, 15) is 4.79 Å². The van der Waals surface area contributed by atoms with Gasteiger partial charge in [0.1, 0.15) is 0 Å². The van der Waals surface area contributed by atoms with Crippen LogP contribution in [0, 0.1) is 5.41 Å². The van der Waals surface area contributed by atoms with Crippen molar-refractivity contribution in [2.45, 2.75) is 52.4 Å². The largest absolute Gasteiger partial charge is 0.369 e. The van der Waals surface area contributed by atoms with Crippen LogP contribution in [0.2, 0.25) is 0 Å². The van der Waals surface area contributed by atoms with E-state index in [2.05, 4.69) is 6.58 Å². The maximum Gasteiger partial charge on any atom is 0.223 e. The molecule has 0 aliphatic rings. The van der Waals surface area contributed by atoms with E-state index in [0.717, 1.165) is 19.3 Å². The van der Waals surface area contributed by atoms with Gasteiger partial charge in [-0.3, -0.25) is 4.79 Å². The molecule has 0 aromatic carbocycles. The smallest absolute Gasteiger partial charge is 0.223 e. The molecule has 0 saturated carbocycles. The van der Waals surface area contributed by atoms with Crippen molar-refractivity contribution < 1.29 is 4.79 Å². The fourth-order valence-electron chi connectivity index (χ4n) is 1.33. The minimum absolute atomic E-state index is 0.191. The second kappa shape index (κ2) is 6.63. The maximum absolute atomic E-state index is 11.0. The Kier molecular flexibility index (Phi) is 6.26. The van der Waals surface area contributed by atoms with Crippen molar-refractivity contribution in [1.29, 1.82) is 0 Å². The van der Waals surface area contributed by atoms with Crippen molar-refractivity contribution in [3.8, 4) is 0 Å². The summed E-state index contributed by atoms with van der Waals surface area (Å²) in [5, 5.41) is 0. The van der Waals surface area contributed by atoms with E-state index in [4.69, 9.17) is 5.73 Å². The Morgan fingerprint density at radius 2 is 1.86 bits per heavy atom. The highest BCUT2D eigenvalue weighted by Crippen LogP contribution is 2.23. The van der Waals surface area contributed by atoms with Gasteiger partial charge in [-0.1, -0.05) is 39.2 Å². The van der Waals surface area contributed by atoms with Crippen LogP contribution >= 0.6 is 0 Å². The van der Waals surface area contributed by atoms with Crippen molar-refractivity contribution >= 4 is 5.91 Å². The van der Waals surface area contributed by atoms with Crippen LogP contribution in [0.25, 0.3) is 0 Å². The molecule has 0 aliphatic carbocycles. The van der Waals surface area contributed by atoms with E-state index in [1.54, 1.807) is 0 Å². The van der Waals surface area contributed by atoms with Crippen LogP contribution in [0.15, 0.2) is 12.7 Å². The van der Waals surface area contributed by atoms with Gasteiger partial charge in [-0.2, -0.15) is 0 Å². The molecule has 0 rings (SSSR count). The summed E-state index contributed by atoms with van der Waals surface area (Å²) < 4.78 is 0. The molecule has 0 spiro atoms. The third-order valence-electron chi connectivity index (χ3n) is 2.63. The number of rotatable bonds is 8. The average molecular weight is 197 g/mol. The summed E-state index contributed by atoms with van der Waals surface area (Å²) in [6.45, 7) is 7.51. The fourth-order valence-corrected chi connectivity index (χ4v) is 1.33. The topological polar surface area (TPSA) is 43.1 Å². The number of carbonyl (C=O) groups is 1. The van der Waals surface area contributed by atoms with Crippen molar-refractivity contribution in [2.24, 2.45) is 11.1 Å². The predicted molar refractivity (Wildman–Crippen MR) is 60.9 cm³/mol. The molecule has 0 saturated heterocycles. The van der Waals surface area contributed by atoms with E-state index >= 15 is 0 Å². The van der Waals surface area contributed by atoms with Crippen LogP contribution in [-0.4, -0.2) is 5.91 Å². The molecule has 0 aromatic heterocycles. The molecule has 2 heteroatoms. The average Bonchev–Trinajstić information content (AvgIpc) is 2.10. The van der Waals surface area contributed by atoms with Crippen LogP contribution in [0.3, 0.4) is 0 Å². The van der Waals surface area contributed by atoms with Crippen molar-refractivity contribution in [3.05, 3.63) is 12.7 Å². The molecule has 0 bridgehead atoms. The minimum Gasteiger partial charge on any atom is -0.369 e. The van der Waals surface area contributed by atoms with Gasteiger partial charge in [0.25, 0.3) is 0 Å². The third kappa shape index (κ3) is 5.79. The number of primary amides is 1. The molecule has 0 aromatic rings. The van der Waals surface area contributed by atoms with Gasteiger partial charge in [-0.15, -0.1) is 6.58 Å². The lowest BCUT2D eigenvalue weighted by atomic mass is 9.86. The highest BCUT2D eigenvalue weighted by atomic mass is 16.1. The minimum atomic E-state index is -0.335. The molecule has 0 fully saturated rings. The maximum atomic E-state index is 11.0. The van der Waals surface area contributed by atoms with Crippen LogP contribution in [-0.2, 0) is 4.79 Å². The molecule has 14 heavy (non-hydrogen) atoms. The lowest BCUT2D eigenvalue weighted by molar-refractivity contribution is -0.126. The normalized spacial score (nSPS) is 11.3. The number of allylic oxidation sites excluding steroid dienone is 1. The van der Waals surface area contributed by atoms with Gasteiger partial charge in [0.15, 0.2) is 0 Å². The lowest BCUT2D eigenvalue weighted by Gasteiger charge is -2.19. The summed E-state index contributed by atoms with van der Waals surface area (Å²) in [7, 11) is 0. The molecule has 0 heterocycles. The molecule has 2 nitrogen and oxygen atoms in total. The number of hydrogen-bond donors (Lipinski definition) is 1. The van der Waals surface area contributed by atoms with E-state index < -0.39 is 0 Å². The standard InChI is InChI=1S/C12H23NO/c1-4-5-6-7-8-9-10-12(2,3)11(13)14/h4H,1,5-10H2,2-3H3,(H2,13,14). The van der Waals surface area contributed by atoms with Gasteiger partial charge >= 0.3 is 0 Å². The van der Waals surface area contributed by atoms with Crippen LogP contribution < -0.4 is 5.73 Å². The SMILES string of the molecule is C=CCCCCCCC(C)(C)C(N)=O. The van der Waals surface area contributed by atoms with Crippen molar-refractivity contribution in [3.63, 3.8) is 0 Å². The van der Waals surface area contributed by atoms with Gasteiger partial charge < -0.3 is 5.73 Å². The van der Waals surface area contributed by atoms with Crippen molar-refractivity contribution in [2.75, 3.05) is 0 Å². The Bertz CT molecular complexity index is 185. The predicted octanol–water partition coefficient (Wildman–Crippen LogP) is 3.02. The highest BCUT2D eigenvalue weighted by molar-refractivity contribution is 5.79. The molecule has 0 aliphatic heterocycles. The zero-order chi connectivity index (χ0) is 11.0. The Hall–Kier alpha value is -0.790. The van der Waals surface area contributed by atoms with Crippen molar-refractivity contribution in [1.82, 2.24) is 0 Å². The third-order valence-corrected chi connectivity index (χ3v) is 2.63. The zero-order valence-electron chi connectivity index (χ0n) is 9.51. The molecular formula is C12H23NO. The second-order valence-corrected chi connectivity index (χ2v) is 4.49. The molecule has 0 radical (unpaired) electrons. The summed E-state index contributed by atoms with van der Waals surface area (Å²) in [5.74, 6) is -0.191. The number of nitrogens with two attached hydrogens (primary N) is 1. The number of unbranched alkanes of at least 4 members (excludes halogenated alkanes) is 4. The van der Waals surface area contributed by atoms with Gasteiger partial charge in [-0.05, 0) is 19.3 Å². The Morgan fingerprint density at radius 3 is 2.36 bits per heavy atom. The molecule has 1 amide bonds. The molecule has 82 valence electrons. The molecule has 2 N–H and O–H groups in total. The Morgan fingerprint density at radius 1 is 1.29 bits per heavy atom. The summed E-state index contributed by atoms with van der Waals surface area (Å²) in [5.41, 5.74) is 4.95. The summed E-state index contributed by atoms with van der Waals surface area (Å²) in [4.78, 5) is 11.0. The van der Waals surface area contributed by atoms with Gasteiger partial charge in [-0.25, -0.2) is 0 Å². The van der Waals surface area contributed by atoms with Gasteiger partial charge in [0.2, 0.25) is 5.91 Å². The highest BCUT2D eigenvalue weighted by Gasteiger charge is 2.23. The van der Waals surface area contributed by atoms with E-state index in [0.29, 0.717) is 0 Å². The van der Waals surface area contributed by atoms with Gasteiger partial charge in [0, 0.05) is 5.41 Å². The first-order valence-electron chi connectivity index (χ1n) is 5.41. The Balaban J connectivity index is 3.44. The number of carbonyl (C=O) groups excluding carboxylic acids is 1. The monoisotopic (exact) mass is 197 g/mol. The first-order chi connectivity index (χ1) is 6.50. The van der Waals surface area contributed by atoms with Gasteiger partial charge in [0.05, 0.1) is 0 Å². The molecule has 0 atom stereocenters. The van der Waals surface area contributed by atoms with E-state index in [-0.39, 0.29) is 11.3 Å². The van der Waals surface area contributed by atoms with Crippen LogP contribution in [0.4, 0.5) is 0 Å². The lowest BCUT2D eigenvalue weighted by Crippen LogP contribution is -2.31. The quantitative estimate of drug-likeness (QED) is 0.471. The summed E-state index contributed by atoms with van der Waals surface area (Å²) >= 11 is 0. The number of hydrogen-bond acceptors (Lipinski definition) is 1. The second-order valence-electron chi connectivity index (χ2n) is 4.49. The van der Waals surface area contributed by atoms with E-state index in [1.807, 2.05) is 19.9 Å². The Labute approximate surface area is 87.6 Å². The first kappa shape index (κ1) is 13.2. The fraction of sp³-hybridized carbons (Fsp3) is 0.750.